The average Bonchev–Trinajstić information content (AvgIpc) is 2.63. The molecule has 1 aliphatic carbocycles. The number of carboxylic acid groups (broad SMARTS) is 1. The third kappa shape index (κ3) is 4.71. The van der Waals surface area contributed by atoms with Crippen molar-refractivity contribution in [3.8, 4) is 0 Å². The number of carbonyl (C=O) groups excluding carboxylic acids is 2. The lowest BCUT2D eigenvalue weighted by atomic mass is 9.82. The molecule has 3 unspecified atom stereocenters. The van der Waals surface area contributed by atoms with E-state index in [0.29, 0.717) is 24.9 Å². The van der Waals surface area contributed by atoms with Crippen molar-refractivity contribution in [2.24, 2.45) is 11.8 Å². The number of amides is 1. The highest BCUT2D eigenvalue weighted by atomic mass is 16.5. The Kier molecular flexibility index (Phi) is 6.55. The van der Waals surface area contributed by atoms with E-state index in [0.717, 1.165) is 5.56 Å². The zero-order valence-electron chi connectivity index (χ0n) is 15.3. The summed E-state index contributed by atoms with van der Waals surface area (Å²) >= 11 is 0. The standard InChI is InChI=1S/C20H25NO5/c1-4-13(3)26-20(25)16-8-6-5-7-15(16)18(22)21-17-11-14(19(23)24)10-9-12(17)2/h5-6,9-11,13,15-16H,4,7-8H2,1-3H3,(H,21,22)(H,23,24). The molecule has 0 bridgehead atoms. The Morgan fingerprint density at radius 2 is 1.88 bits per heavy atom. The van der Waals surface area contributed by atoms with E-state index < -0.39 is 17.8 Å². The normalized spacial score (nSPS) is 20.3. The third-order valence-corrected chi connectivity index (χ3v) is 4.71. The molecule has 1 aromatic carbocycles. The minimum Gasteiger partial charge on any atom is -0.478 e. The van der Waals surface area contributed by atoms with E-state index in [1.165, 1.54) is 12.1 Å². The van der Waals surface area contributed by atoms with Gasteiger partial charge in [0.05, 0.1) is 23.5 Å². The number of carboxylic acids is 1. The molecule has 0 saturated heterocycles. The maximum absolute atomic E-state index is 12.8. The van der Waals surface area contributed by atoms with E-state index >= 15 is 0 Å². The first-order valence-electron chi connectivity index (χ1n) is 8.83. The molecule has 1 aromatic rings. The largest absolute Gasteiger partial charge is 0.478 e. The maximum atomic E-state index is 12.8. The summed E-state index contributed by atoms with van der Waals surface area (Å²) in [5, 5.41) is 11.9. The zero-order valence-corrected chi connectivity index (χ0v) is 15.3. The monoisotopic (exact) mass is 359 g/mol. The molecule has 2 rings (SSSR count). The topological polar surface area (TPSA) is 92.7 Å². The minimum absolute atomic E-state index is 0.0992. The summed E-state index contributed by atoms with van der Waals surface area (Å²) in [6, 6.07) is 4.57. The summed E-state index contributed by atoms with van der Waals surface area (Å²) < 4.78 is 5.41. The van der Waals surface area contributed by atoms with E-state index in [4.69, 9.17) is 9.84 Å². The van der Waals surface area contributed by atoms with Crippen LogP contribution in [0.4, 0.5) is 5.69 Å². The highest BCUT2D eigenvalue weighted by Gasteiger charge is 2.35. The lowest BCUT2D eigenvalue weighted by Gasteiger charge is -2.27. The number of benzene rings is 1. The lowest BCUT2D eigenvalue weighted by Crippen LogP contribution is -2.36. The highest BCUT2D eigenvalue weighted by molar-refractivity contribution is 5.97. The second-order valence-electron chi connectivity index (χ2n) is 6.64. The molecule has 0 aliphatic heterocycles. The molecular formula is C20H25NO5. The summed E-state index contributed by atoms with van der Waals surface area (Å²) in [5.41, 5.74) is 1.30. The van der Waals surface area contributed by atoms with Crippen molar-refractivity contribution in [1.82, 2.24) is 0 Å². The van der Waals surface area contributed by atoms with E-state index in [1.54, 1.807) is 13.0 Å². The first-order valence-corrected chi connectivity index (χ1v) is 8.83. The summed E-state index contributed by atoms with van der Waals surface area (Å²) in [6.07, 6.45) is 5.21. The van der Waals surface area contributed by atoms with Crippen molar-refractivity contribution in [1.29, 1.82) is 0 Å². The molecule has 1 aliphatic rings. The molecule has 0 saturated carbocycles. The number of nitrogens with one attached hydrogen (secondary N) is 1. The summed E-state index contributed by atoms with van der Waals surface area (Å²) in [5.74, 6) is -2.79. The van der Waals surface area contributed by atoms with Crippen molar-refractivity contribution < 1.29 is 24.2 Å². The van der Waals surface area contributed by atoms with Gasteiger partial charge in [-0.25, -0.2) is 4.79 Å². The van der Waals surface area contributed by atoms with Gasteiger partial charge in [0.1, 0.15) is 0 Å². The number of hydrogen-bond acceptors (Lipinski definition) is 4. The fraction of sp³-hybridized carbons (Fsp3) is 0.450. The van der Waals surface area contributed by atoms with E-state index in [2.05, 4.69) is 5.32 Å². The number of hydrogen-bond donors (Lipinski definition) is 2. The maximum Gasteiger partial charge on any atom is 0.335 e. The van der Waals surface area contributed by atoms with Gasteiger partial charge in [0.15, 0.2) is 0 Å². The number of aromatic carboxylic acids is 1. The molecule has 2 N–H and O–H groups in total. The van der Waals surface area contributed by atoms with Gasteiger partial charge in [0, 0.05) is 5.69 Å². The molecule has 26 heavy (non-hydrogen) atoms. The van der Waals surface area contributed by atoms with Gasteiger partial charge in [-0.05, 0) is 50.8 Å². The SMILES string of the molecule is CCC(C)OC(=O)C1CC=CCC1C(=O)Nc1cc(C(=O)O)ccc1C. The van der Waals surface area contributed by atoms with Crippen molar-refractivity contribution in [2.75, 3.05) is 5.32 Å². The number of carbonyl (C=O) groups is 3. The predicted octanol–water partition coefficient (Wildman–Crippen LogP) is 3.56. The smallest absolute Gasteiger partial charge is 0.335 e. The molecular weight excluding hydrogens is 334 g/mol. The number of allylic oxidation sites excluding steroid dienone is 2. The van der Waals surface area contributed by atoms with Crippen LogP contribution in [0.5, 0.6) is 0 Å². The van der Waals surface area contributed by atoms with E-state index in [-0.39, 0.29) is 23.5 Å². The van der Waals surface area contributed by atoms with E-state index in [9.17, 15) is 14.4 Å². The molecule has 0 radical (unpaired) electrons. The number of aryl methyl sites for hydroxylation is 1. The van der Waals surface area contributed by atoms with Gasteiger partial charge < -0.3 is 15.2 Å². The second kappa shape index (κ2) is 8.65. The first kappa shape index (κ1) is 19.7. The molecule has 6 nitrogen and oxygen atoms in total. The average molecular weight is 359 g/mol. The van der Waals surface area contributed by atoms with Crippen molar-refractivity contribution in [3.05, 3.63) is 41.5 Å². The van der Waals surface area contributed by atoms with Gasteiger partial charge in [-0.2, -0.15) is 0 Å². The molecule has 3 atom stereocenters. The fourth-order valence-electron chi connectivity index (χ4n) is 2.85. The Morgan fingerprint density at radius 3 is 2.50 bits per heavy atom. The Balaban J connectivity index is 2.16. The van der Waals surface area contributed by atoms with Crippen LogP contribution >= 0.6 is 0 Å². The Morgan fingerprint density at radius 1 is 1.23 bits per heavy atom. The van der Waals surface area contributed by atoms with Crippen LogP contribution in [0.1, 0.15) is 49.0 Å². The van der Waals surface area contributed by atoms with Gasteiger partial charge in [0.2, 0.25) is 5.91 Å². The quantitative estimate of drug-likeness (QED) is 0.598. The summed E-state index contributed by atoms with van der Waals surface area (Å²) in [6.45, 7) is 5.55. The van der Waals surface area contributed by atoms with Crippen LogP contribution in [-0.4, -0.2) is 29.1 Å². The van der Waals surface area contributed by atoms with Gasteiger partial charge in [-0.3, -0.25) is 9.59 Å². The molecule has 1 amide bonds. The van der Waals surface area contributed by atoms with Gasteiger partial charge in [-0.15, -0.1) is 0 Å². The molecule has 0 heterocycles. The molecule has 140 valence electrons. The predicted molar refractivity (Wildman–Crippen MR) is 98.0 cm³/mol. The van der Waals surface area contributed by atoms with Crippen LogP contribution in [-0.2, 0) is 14.3 Å². The minimum atomic E-state index is -1.06. The lowest BCUT2D eigenvalue weighted by molar-refractivity contribution is -0.157. The van der Waals surface area contributed by atoms with Gasteiger partial charge in [0.25, 0.3) is 0 Å². The van der Waals surface area contributed by atoms with Crippen molar-refractivity contribution in [2.45, 2.75) is 46.1 Å². The Bertz CT molecular complexity index is 725. The molecule has 0 aromatic heterocycles. The molecule has 6 heteroatoms. The molecule has 0 fully saturated rings. The van der Waals surface area contributed by atoms with Crippen LogP contribution in [0.15, 0.2) is 30.4 Å². The van der Waals surface area contributed by atoms with Crippen molar-refractivity contribution >= 4 is 23.5 Å². The third-order valence-electron chi connectivity index (χ3n) is 4.71. The van der Waals surface area contributed by atoms with Crippen LogP contribution in [0.2, 0.25) is 0 Å². The highest BCUT2D eigenvalue weighted by Crippen LogP contribution is 2.29. The van der Waals surface area contributed by atoms with Crippen LogP contribution in [0.3, 0.4) is 0 Å². The van der Waals surface area contributed by atoms with Gasteiger partial charge in [-0.1, -0.05) is 25.1 Å². The molecule has 0 spiro atoms. The Labute approximate surface area is 153 Å². The fourth-order valence-corrected chi connectivity index (χ4v) is 2.85. The van der Waals surface area contributed by atoms with Crippen LogP contribution in [0.25, 0.3) is 0 Å². The number of ether oxygens (including phenoxy) is 1. The summed E-state index contributed by atoms with van der Waals surface area (Å²) in [4.78, 5) is 36.3. The second-order valence-corrected chi connectivity index (χ2v) is 6.64. The number of anilines is 1. The summed E-state index contributed by atoms with van der Waals surface area (Å²) in [7, 11) is 0. The number of rotatable bonds is 6. The van der Waals surface area contributed by atoms with E-state index in [1.807, 2.05) is 26.0 Å². The Hall–Kier alpha value is -2.63. The van der Waals surface area contributed by atoms with Crippen LogP contribution < -0.4 is 5.32 Å². The number of esters is 1. The first-order chi connectivity index (χ1) is 12.3. The van der Waals surface area contributed by atoms with Crippen LogP contribution in [0, 0.1) is 18.8 Å². The van der Waals surface area contributed by atoms with Crippen molar-refractivity contribution in [3.63, 3.8) is 0 Å². The zero-order chi connectivity index (χ0) is 19.3. The van der Waals surface area contributed by atoms with Gasteiger partial charge >= 0.3 is 11.9 Å².